The average Bonchev–Trinajstić information content (AvgIpc) is 3.15. The van der Waals surface area contributed by atoms with Crippen LogP contribution in [0.2, 0.25) is 0 Å². The van der Waals surface area contributed by atoms with Crippen molar-refractivity contribution in [2.75, 3.05) is 25.1 Å². The van der Waals surface area contributed by atoms with E-state index in [-0.39, 0.29) is 17.6 Å². The number of benzene rings is 1. The molecular weight excluding hydrogens is 273 g/mol. The highest BCUT2D eigenvalue weighted by Gasteiger charge is 2.36. The van der Waals surface area contributed by atoms with Crippen LogP contribution in [0.1, 0.15) is 17.2 Å². The van der Waals surface area contributed by atoms with Gasteiger partial charge in [0.15, 0.2) is 0 Å². The zero-order valence-corrected chi connectivity index (χ0v) is 11.5. The molecule has 21 heavy (non-hydrogen) atoms. The van der Waals surface area contributed by atoms with Gasteiger partial charge in [0.25, 0.3) is 0 Å². The molecular formula is C14H14FN5O. The van der Waals surface area contributed by atoms with Crippen molar-refractivity contribution in [1.82, 2.24) is 15.4 Å². The first-order chi connectivity index (χ1) is 10.2. The molecule has 2 atom stereocenters. The number of aromatic nitrogens is 3. The van der Waals surface area contributed by atoms with E-state index in [1.54, 1.807) is 25.4 Å². The van der Waals surface area contributed by atoms with E-state index in [2.05, 4.69) is 15.4 Å². The SMILES string of the molecule is CO[C@@H]1CN(c2cccc(F)c2C#N)C[C@H]1c1cn[nH]n1. The second kappa shape index (κ2) is 5.50. The molecule has 0 radical (unpaired) electrons. The summed E-state index contributed by atoms with van der Waals surface area (Å²) in [5.74, 6) is -0.475. The van der Waals surface area contributed by atoms with E-state index < -0.39 is 5.82 Å². The number of aromatic amines is 1. The van der Waals surface area contributed by atoms with Crippen LogP contribution >= 0.6 is 0 Å². The van der Waals surface area contributed by atoms with Crippen LogP contribution in [0, 0.1) is 17.1 Å². The molecule has 1 aromatic heterocycles. The van der Waals surface area contributed by atoms with Gasteiger partial charge >= 0.3 is 0 Å². The van der Waals surface area contributed by atoms with Crippen LogP contribution in [0.3, 0.4) is 0 Å². The lowest BCUT2D eigenvalue weighted by Crippen LogP contribution is -2.23. The predicted octanol–water partition coefficient (Wildman–Crippen LogP) is 1.43. The number of hydrogen-bond acceptors (Lipinski definition) is 5. The fraction of sp³-hybridized carbons (Fsp3) is 0.357. The topological polar surface area (TPSA) is 77.8 Å². The smallest absolute Gasteiger partial charge is 0.143 e. The number of H-pyrrole nitrogens is 1. The first kappa shape index (κ1) is 13.5. The third kappa shape index (κ3) is 2.34. The van der Waals surface area contributed by atoms with Gasteiger partial charge in [-0.3, -0.25) is 0 Å². The van der Waals surface area contributed by atoms with Gasteiger partial charge in [0.05, 0.1) is 29.6 Å². The van der Waals surface area contributed by atoms with Crippen LogP contribution in [0.5, 0.6) is 0 Å². The molecule has 1 saturated heterocycles. The summed E-state index contributed by atoms with van der Waals surface area (Å²) in [6.45, 7) is 1.18. The van der Waals surface area contributed by atoms with Gasteiger partial charge in [0.1, 0.15) is 17.4 Å². The molecule has 0 saturated carbocycles. The number of anilines is 1. The Hall–Kier alpha value is -2.46. The number of ether oxygens (including phenoxy) is 1. The molecule has 1 N–H and O–H groups in total. The molecule has 0 spiro atoms. The zero-order valence-electron chi connectivity index (χ0n) is 11.5. The Bertz CT molecular complexity index is 666. The summed E-state index contributed by atoms with van der Waals surface area (Å²) >= 11 is 0. The quantitative estimate of drug-likeness (QED) is 0.924. The summed E-state index contributed by atoms with van der Waals surface area (Å²) in [5.41, 5.74) is 1.46. The van der Waals surface area contributed by atoms with Crippen molar-refractivity contribution < 1.29 is 9.13 Å². The van der Waals surface area contributed by atoms with E-state index in [1.807, 2.05) is 11.0 Å². The lowest BCUT2D eigenvalue weighted by molar-refractivity contribution is 0.105. The third-order valence-electron chi connectivity index (χ3n) is 3.83. The molecule has 3 rings (SSSR count). The molecule has 0 aliphatic carbocycles. The van der Waals surface area contributed by atoms with Crippen LogP contribution in [0.4, 0.5) is 10.1 Å². The normalized spacial score (nSPS) is 21.5. The molecule has 0 bridgehead atoms. The summed E-state index contributed by atoms with van der Waals surface area (Å²) in [6.07, 6.45) is 1.58. The van der Waals surface area contributed by atoms with Crippen LogP contribution in [-0.4, -0.2) is 41.7 Å². The number of nitrogens with zero attached hydrogens (tertiary/aromatic N) is 4. The van der Waals surface area contributed by atoms with Gasteiger partial charge < -0.3 is 9.64 Å². The monoisotopic (exact) mass is 287 g/mol. The Kier molecular flexibility index (Phi) is 3.54. The number of halogens is 1. The maximum Gasteiger partial charge on any atom is 0.143 e. The molecule has 2 heterocycles. The van der Waals surface area contributed by atoms with Crippen LogP contribution in [-0.2, 0) is 4.74 Å². The van der Waals surface area contributed by atoms with E-state index in [4.69, 9.17) is 10.00 Å². The Morgan fingerprint density at radius 1 is 1.48 bits per heavy atom. The maximum absolute atomic E-state index is 13.7. The molecule has 1 aliphatic heterocycles. The highest BCUT2D eigenvalue weighted by Crippen LogP contribution is 2.33. The van der Waals surface area contributed by atoms with Crippen molar-refractivity contribution in [3.05, 3.63) is 41.5 Å². The Labute approximate surface area is 121 Å². The number of nitrogens with one attached hydrogen (secondary N) is 1. The Morgan fingerprint density at radius 3 is 3.00 bits per heavy atom. The highest BCUT2D eigenvalue weighted by atomic mass is 19.1. The van der Waals surface area contributed by atoms with Crippen molar-refractivity contribution in [3.8, 4) is 6.07 Å². The molecule has 7 heteroatoms. The van der Waals surface area contributed by atoms with E-state index in [0.29, 0.717) is 18.8 Å². The molecule has 1 fully saturated rings. The second-order valence-electron chi connectivity index (χ2n) is 4.93. The molecule has 0 unspecified atom stereocenters. The highest BCUT2D eigenvalue weighted by molar-refractivity contribution is 5.61. The van der Waals surface area contributed by atoms with Crippen LogP contribution in [0.15, 0.2) is 24.4 Å². The first-order valence-corrected chi connectivity index (χ1v) is 6.56. The minimum absolute atomic E-state index is 0.0311. The number of nitriles is 1. The largest absolute Gasteiger partial charge is 0.379 e. The molecule has 108 valence electrons. The van der Waals surface area contributed by atoms with Gasteiger partial charge in [0.2, 0.25) is 0 Å². The molecule has 1 aromatic carbocycles. The minimum atomic E-state index is -0.506. The van der Waals surface area contributed by atoms with Gasteiger partial charge in [-0.25, -0.2) is 4.39 Å². The van der Waals surface area contributed by atoms with Gasteiger partial charge in [-0.05, 0) is 12.1 Å². The Balaban J connectivity index is 1.92. The fourth-order valence-electron chi connectivity index (χ4n) is 2.77. The minimum Gasteiger partial charge on any atom is -0.379 e. The van der Waals surface area contributed by atoms with Crippen LogP contribution < -0.4 is 4.90 Å². The van der Waals surface area contributed by atoms with Crippen LogP contribution in [0.25, 0.3) is 0 Å². The van der Waals surface area contributed by atoms with Crippen molar-refractivity contribution in [3.63, 3.8) is 0 Å². The zero-order chi connectivity index (χ0) is 14.8. The van der Waals surface area contributed by atoms with Gasteiger partial charge in [-0.2, -0.15) is 20.7 Å². The van der Waals surface area contributed by atoms with Crippen molar-refractivity contribution in [2.24, 2.45) is 0 Å². The third-order valence-corrected chi connectivity index (χ3v) is 3.83. The summed E-state index contributed by atoms with van der Waals surface area (Å²) < 4.78 is 19.2. The van der Waals surface area contributed by atoms with Crippen molar-refractivity contribution >= 4 is 5.69 Å². The fourth-order valence-corrected chi connectivity index (χ4v) is 2.77. The number of hydrogen-bond donors (Lipinski definition) is 1. The van der Waals surface area contributed by atoms with Crippen molar-refractivity contribution in [1.29, 1.82) is 5.26 Å². The van der Waals surface area contributed by atoms with Gasteiger partial charge in [-0.15, -0.1) is 0 Å². The lowest BCUT2D eigenvalue weighted by atomic mass is 10.0. The molecule has 1 aliphatic rings. The summed E-state index contributed by atoms with van der Waals surface area (Å²) in [6, 6.07) is 6.58. The van der Waals surface area contributed by atoms with Crippen molar-refractivity contribution in [2.45, 2.75) is 12.0 Å². The Morgan fingerprint density at radius 2 is 2.33 bits per heavy atom. The number of methoxy groups -OCH3 is 1. The first-order valence-electron chi connectivity index (χ1n) is 6.56. The van der Waals surface area contributed by atoms with E-state index in [1.165, 1.54) is 6.07 Å². The molecule has 0 amide bonds. The van der Waals surface area contributed by atoms with Gasteiger partial charge in [-0.1, -0.05) is 6.07 Å². The average molecular weight is 287 g/mol. The summed E-state index contributed by atoms with van der Waals surface area (Å²) in [5, 5.41) is 19.7. The number of rotatable bonds is 3. The summed E-state index contributed by atoms with van der Waals surface area (Å²) in [4.78, 5) is 1.95. The van der Waals surface area contributed by atoms with E-state index in [0.717, 1.165) is 5.69 Å². The molecule has 2 aromatic rings. The maximum atomic E-state index is 13.7. The standard InChI is InChI=1S/C14H14FN5O/c1-21-14-8-20(7-10(14)12-6-17-19-18-12)13-4-2-3-11(15)9(13)5-16/h2-4,6,10,14H,7-8H2,1H3,(H,17,18,19)/t10-,14+/m0/s1. The van der Waals surface area contributed by atoms with E-state index >= 15 is 0 Å². The molecule has 6 nitrogen and oxygen atoms in total. The van der Waals surface area contributed by atoms with E-state index in [9.17, 15) is 4.39 Å². The second-order valence-corrected chi connectivity index (χ2v) is 4.93. The summed E-state index contributed by atoms with van der Waals surface area (Å²) in [7, 11) is 1.64. The predicted molar refractivity (Wildman–Crippen MR) is 73.2 cm³/mol. The lowest BCUT2D eigenvalue weighted by Gasteiger charge is -2.19. The van der Waals surface area contributed by atoms with Gasteiger partial charge in [0, 0.05) is 20.2 Å².